The minimum atomic E-state index is 0.298. The molecule has 0 aliphatic heterocycles. The average Bonchev–Trinajstić information content (AvgIpc) is 2.22. The van der Waals surface area contributed by atoms with Crippen molar-refractivity contribution in [1.82, 2.24) is 9.97 Å². The summed E-state index contributed by atoms with van der Waals surface area (Å²) in [6, 6.07) is 1.67. The van der Waals surface area contributed by atoms with Crippen LogP contribution in [0.1, 0.15) is 32.6 Å². The Hall–Kier alpha value is -0.830. The average molecular weight is 227 g/mol. The van der Waals surface area contributed by atoms with Crippen LogP contribution in [0.25, 0.3) is 0 Å². The van der Waals surface area contributed by atoms with E-state index >= 15 is 0 Å². The Morgan fingerprint density at radius 3 is 2.67 bits per heavy atom. The normalized spacial score (nSPS) is 26.3. The Morgan fingerprint density at radius 1 is 1.27 bits per heavy atom. The summed E-state index contributed by atoms with van der Waals surface area (Å²) in [5.41, 5.74) is 0. The van der Waals surface area contributed by atoms with Crippen molar-refractivity contribution in [3.8, 4) is 5.88 Å². The van der Waals surface area contributed by atoms with Crippen molar-refractivity contribution in [1.29, 1.82) is 0 Å². The molecule has 4 heteroatoms. The summed E-state index contributed by atoms with van der Waals surface area (Å²) in [4.78, 5) is 7.85. The summed E-state index contributed by atoms with van der Waals surface area (Å²) in [6.45, 7) is 2.29. The van der Waals surface area contributed by atoms with Crippen molar-refractivity contribution in [3.63, 3.8) is 0 Å². The van der Waals surface area contributed by atoms with Gasteiger partial charge in [0, 0.05) is 6.07 Å². The lowest BCUT2D eigenvalue weighted by molar-refractivity contribution is 0.130. The number of aromatic nitrogens is 2. The third-order valence-electron chi connectivity index (χ3n) is 2.86. The molecule has 0 N–H and O–H groups in total. The molecule has 15 heavy (non-hydrogen) atoms. The fourth-order valence-corrected chi connectivity index (χ4v) is 2.04. The monoisotopic (exact) mass is 226 g/mol. The molecule has 1 aliphatic carbocycles. The van der Waals surface area contributed by atoms with Gasteiger partial charge in [0.25, 0.3) is 0 Å². The van der Waals surface area contributed by atoms with Gasteiger partial charge >= 0.3 is 0 Å². The van der Waals surface area contributed by atoms with Crippen LogP contribution in [-0.2, 0) is 0 Å². The van der Waals surface area contributed by atoms with Crippen LogP contribution in [-0.4, -0.2) is 16.1 Å². The van der Waals surface area contributed by atoms with Gasteiger partial charge in [-0.25, -0.2) is 9.97 Å². The molecule has 1 aromatic heterocycles. The molecule has 1 aromatic rings. The van der Waals surface area contributed by atoms with Gasteiger partial charge < -0.3 is 4.74 Å². The molecule has 0 unspecified atom stereocenters. The second kappa shape index (κ2) is 4.79. The zero-order chi connectivity index (χ0) is 10.7. The Kier molecular flexibility index (Phi) is 3.41. The van der Waals surface area contributed by atoms with Gasteiger partial charge in [-0.15, -0.1) is 0 Å². The quantitative estimate of drug-likeness (QED) is 0.727. The predicted molar refractivity (Wildman–Crippen MR) is 59.1 cm³/mol. The highest BCUT2D eigenvalue weighted by Crippen LogP contribution is 2.26. The van der Waals surface area contributed by atoms with Crippen molar-refractivity contribution in [2.24, 2.45) is 5.92 Å². The summed E-state index contributed by atoms with van der Waals surface area (Å²) in [7, 11) is 0. The van der Waals surface area contributed by atoms with Crippen molar-refractivity contribution >= 4 is 11.6 Å². The smallest absolute Gasteiger partial charge is 0.218 e. The van der Waals surface area contributed by atoms with Gasteiger partial charge in [-0.05, 0) is 31.6 Å². The molecule has 1 fully saturated rings. The van der Waals surface area contributed by atoms with Crippen LogP contribution in [0.4, 0.5) is 0 Å². The molecular formula is C11H15ClN2O. The number of nitrogens with zero attached hydrogens (tertiary/aromatic N) is 2. The second-order valence-electron chi connectivity index (χ2n) is 4.18. The first kappa shape index (κ1) is 10.7. The first-order valence-electron chi connectivity index (χ1n) is 5.38. The zero-order valence-corrected chi connectivity index (χ0v) is 9.57. The van der Waals surface area contributed by atoms with Crippen LogP contribution in [0, 0.1) is 5.92 Å². The van der Waals surface area contributed by atoms with Gasteiger partial charge in [0.1, 0.15) is 17.6 Å². The third-order valence-corrected chi connectivity index (χ3v) is 3.07. The second-order valence-corrected chi connectivity index (χ2v) is 4.57. The largest absolute Gasteiger partial charge is 0.474 e. The Balaban J connectivity index is 1.92. The summed E-state index contributed by atoms with van der Waals surface area (Å²) in [5.74, 6) is 1.42. The number of halogens is 1. The topological polar surface area (TPSA) is 35.0 Å². The van der Waals surface area contributed by atoms with Gasteiger partial charge in [-0.1, -0.05) is 18.5 Å². The van der Waals surface area contributed by atoms with E-state index in [0.717, 1.165) is 18.8 Å². The molecule has 0 amide bonds. The summed E-state index contributed by atoms with van der Waals surface area (Å²) in [5, 5.41) is 0.434. The van der Waals surface area contributed by atoms with E-state index in [-0.39, 0.29) is 0 Å². The summed E-state index contributed by atoms with van der Waals surface area (Å²) in [6.07, 6.45) is 6.44. The standard InChI is InChI=1S/C11H15ClN2O/c1-8-2-4-9(5-3-8)15-11-6-10(12)13-7-14-11/h6-9H,2-5H2,1H3/t8-,9+. The Bertz CT molecular complexity index is 324. The van der Waals surface area contributed by atoms with Gasteiger partial charge in [-0.3, -0.25) is 0 Å². The fraction of sp³-hybridized carbons (Fsp3) is 0.636. The van der Waals surface area contributed by atoms with Gasteiger partial charge in [0.15, 0.2) is 0 Å². The molecule has 1 aliphatic rings. The minimum Gasteiger partial charge on any atom is -0.474 e. The molecule has 0 saturated heterocycles. The SMILES string of the molecule is C[C@H]1CC[C@@H](Oc2cc(Cl)ncn2)CC1. The molecule has 0 radical (unpaired) electrons. The van der Waals surface area contributed by atoms with Crippen LogP contribution in [0.5, 0.6) is 5.88 Å². The molecule has 0 aromatic carbocycles. The summed E-state index contributed by atoms with van der Waals surface area (Å²) >= 11 is 5.75. The maximum atomic E-state index is 5.75. The van der Waals surface area contributed by atoms with Crippen molar-refractivity contribution in [3.05, 3.63) is 17.5 Å². The van der Waals surface area contributed by atoms with Crippen LogP contribution in [0.15, 0.2) is 12.4 Å². The van der Waals surface area contributed by atoms with Crippen molar-refractivity contribution in [2.45, 2.75) is 38.7 Å². The van der Waals surface area contributed by atoms with Crippen LogP contribution >= 0.6 is 11.6 Å². The third kappa shape index (κ3) is 3.06. The number of hydrogen-bond donors (Lipinski definition) is 0. The van der Waals surface area contributed by atoms with E-state index in [1.54, 1.807) is 6.07 Å². The highest BCUT2D eigenvalue weighted by atomic mass is 35.5. The molecule has 3 nitrogen and oxygen atoms in total. The lowest BCUT2D eigenvalue weighted by Gasteiger charge is -2.26. The van der Waals surface area contributed by atoms with Crippen molar-refractivity contribution < 1.29 is 4.74 Å². The van der Waals surface area contributed by atoms with Gasteiger partial charge in [0.05, 0.1) is 0 Å². The van der Waals surface area contributed by atoms with E-state index in [1.165, 1.54) is 19.2 Å². The van der Waals surface area contributed by atoms with E-state index in [1.807, 2.05) is 0 Å². The van der Waals surface area contributed by atoms with Gasteiger partial charge in [-0.2, -0.15) is 0 Å². The molecule has 2 rings (SSSR count). The summed E-state index contributed by atoms with van der Waals surface area (Å²) < 4.78 is 5.75. The highest BCUT2D eigenvalue weighted by Gasteiger charge is 2.19. The predicted octanol–water partition coefficient (Wildman–Crippen LogP) is 3.09. The molecule has 0 bridgehead atoms. The van der Waals surface area contributed by atoms with Crippen molar-refractivity contribution in [2.75, 3.05) is 0 Å². The van der Waals surface area contributed by atoms with E-state index in [9.17, 15) is 0 Å². The molecule has 1 saturated carbocycles. The number of ether oxygens (including phenoxy) is 1. The van der Waals surface area contributed by atoms with Gasteiger partial charge in [0.2, 0.25) is 5.88 Å². The fourth-order valence-electron chi connectivity index (χ4n) is 1.90. The van der Waals surface area contributed by atoms with E-state index in [0.29, 0.717) is 17.1 Å². The molecule has 0 atom stereocenters. The molecule has 0 spiro atoms. The van der Waals surface area contributed by atoms with E-state index in [4.69, 9.17) is 16.3 Å². The lowest BCUT2D eigenvalue weighted by Crippen LogP contribution is -2.23. The minimum absolute atomic E-state index is 0.298. The van der Waals surface area contributed by atoms with Crippen LogP contribution < -0.4 is 4.74 Å². The molecular weight excluding hydrogens is 212 g/mol. The van der Waals surface area contributed by atoms with Crippen LogP contribution in [0.3, 0.4) is 0 Å². The number of rotatable bonds is 2. The lowest BCUT2D eigenvalue weighted by atomic mass is 9.89. The first-order chi connectivity index (χ1) is 7.24. The Morgan fingerprint density at radius 2 is 2.00 bits per heavy atom. The number of hydrogen-bond acceptors (Lipinski definition) is 3. The maximum Gasteiger partial charge on any atom is 0.218 e. The van der Waals surface area contributed by atoms with Crippen LogP contribution in [0.2, 0.25) is 5.15 Å². The maximum absolute atomic E-state index is 5.75. The van der Waals surface area contributed by atoms with E-state index in [2.05, 4.69) is 16.9 Å². The zero-order valence-electron chi connectivity index (χ0n) is 8.82. The Labute approximate surface area is 94.8 Å². The van der Waals surface area contributed by atoms with E-state index < -0.39 is 0 Å². The first-order valence-corrected chi connectivity index (χ1v) is 5.76. The highest BCUT2D eigenvalue weighted by molar-refractivity contribution is 6.29. The molecule has 82 valence electrons. The molecule has 1 heterocycles.